The highest BCUT2D eigenvalue weighted by Crippen LogP contribution is 2.34. The molecule has 0 atom stereocenters. The van der Waals surface area contributed by atoms with E-state index in [0.717, 1.165) is 9.86 Å². The molecule has 0 saturated carbocycles. The van der Waals surface area contributed by atoms with Crippen LogP contribution in [0, 0.1) is 5.82 Å². The van der Waals surface area contributed by atoms with E-state index in [0.29, 0.717) is 39.3 Å². The maximum Gasteiger partial charge on any atom is 0.307 e. The van der Waals surface area contributed by atoms with Crippen LogP contribution < -0.4 is 14.9 Å². The van der Waals surface area contributed by atoms with Crippen molar-refractivity contribution in [1.29, 1.82) is 0 Å². The maximum atomic E-state index is 13.9. The van der Waals surface area contributed by atoms with Gasteiger partial charge in [-0.3, -0.25) is 4.79 Å². The van der Waals surface area contributed by atoms with E-state index in [1.54, 1.807) is 42.5 Å². The van der Waals surface area contributed by atoms with Crippen molar-refractivity contribution in [1.82, 2.24) is 5.43 Å². The number of nitrogens with one attached hydrogen (secondary N) is 1. The number of hydrazone groups is 1. The van der Waals surface area contributed by atoms with Crippen LogP contribution in [-0.2, 0) is 6.61 Å². The summed E-state index contributed by atoms with van der Waals surface area (Å²) in [4.78, 5) is 12.4. The zero-order valence-corrected chi connectivity index (χ0v) is 21.2. The molecule has 1 amide bonds. The van der Waals surface area contributed by atoms with Gasteiger partial charge in [-0.1, -0.05) is 34.1 Å². The van der Waals surface area contributed by atoms with E-state index in [-0.39, 0.29) is 18.2 Å². The van der Waals surface area contributed by atoms with Crippen LogP contribution in [0.25, 0.3) is 11.0 Å². The van der Waals surface area contributed by atoms with Crippen molar-refractivity contribution in [2.24, 2.45) is 5.10 Å². The van der Waals surface area contributed by atoms with Gasteiger partial charge in [-0.25, -0.2) is 9.82 Å². The third kappa shape index (κ3) is 5.66. The average molecular weight is 590 g/mol. The number of hydrogen-bond acceptors (Lipinski definition) is 5. The third-order valence-corrected chi connectivity index (χ3v) is 5.96. The summed E-state index contributed by atoms with van der Waals surface area (Å²) in [5, 5.41) is 4.84. The van der Waals surface area contributed by atoms with E-state index in [4.69, 9.17) is 13.9 Å². The van der Waals surface area contributed by atoms with Crippen molar-refractivity contribution in [3.63, 3.8) is 0 Å². The molecule has 9 heteroatoms. The molecule has 1 N–H and O–H groups in total. The van der Waals surface area contributed by atoms with Crippen LogP contribution in [0.3, 0.4) is 0 Å². The minimum atomic E-state index is -0.477. The molecule has 0 saturated heterocycles. The first-order valence-electron chi connectivity index (χ1n) is 10.3. The van der Waals surface area contributed by atoms with Crippen LogP contribution in [0.15, 0.2) is 79.1 Å². The molecule has 0 bridgehead atoms. The predicted molar refractivity (Wildman–Crippen MR) is 135 cm³/mol. The van der Waals surface area contributed by atoms with Gasteiger partial charge in [-0.2, -0.15) is 5.10 Å². The highest BCUT2D eigenvalue weighted by atomic mass is 79.9. The van der Waals surface area contributed by atoms with Gasteiger partial charge in [0.25, 0.3) is 0 Å². The third-order valence-electron chi connectivity index (χ3n) is 4.78. The van der Waals surface area contributed by atoms with Gasteiger partial charge in [-0.05, 0) is 65.3 Å². The summed E-state index contributed by atoms with van der Waals surface area (Å²) in [6.07, 6.45) is 1.48. The molecule has 0 radical (unpaired) electrons. The smallest absolute Gasteiger partial charge is 0.307 e. The minimum Gasteiger partial charge on any atom is -0.490 e. The van der Waals surface area contributed by atoms with Crippen LogP contribution in [0.5, 0.6) is 11.5 Å². The average Bonchev–Trinajstić information content (AvgIpc) is 3.24. The van der Waals surface area contributed by atoms with Crippen molar-refractivity contribution in [3.05, 3.63) is 92.3 Å². The lowest BCUT2D eigenvalue weighted by molar-refractivity contribution is 0.0929. The van der Waals surface area contributed by atoms with Gasteiger partial charge in [0.05, 0.1) is 12.8 Å². The summed E-state index contributed by atoms with van der Waals surface area (Å²) in [5.74, 6) is 0.256. The Morgan fingerprint density at radius 2 is 1.88 bits per heavy atom. The number of hydrogen-bond donors (Lipinski definition) is 1. The highest BCUT2D eigenvalue weighted by Gasteiger charge is 2.13. The number of carbonyl (C=O) groups excluding carboxylic acids is 1. The lowest BCUT2D eigenvalue weighted by Crippen LogP contribution is -2.16. The van der Waals surface area contributed by atoms with Gasteiger partial charge in [0.2, 0.25) is 0 Å². The summed E-state index contributed by atoms with van der Waals surface area (Å²) in [5.41, 5.74) is 4.15. The van der Waals surface area contributed by atoms with Crippen LogP contribution in [-0.4, -0.2) is 18.7 Å². The summed E-state index contributed by atoms with van der Waals surface area (Å²) >= 11 is 6.87. The molecule has 0 aliphatic heterocycles. The molecule has 6 nitrogen and oxygen atoms in total. The fourth-order valence-electron chi connectivity index (χ4n) is 3.14. The van der Waals surface area contributed by atoms with Crippen molar-refractivity contribution < 1.29 is 23.1 Å². The molecule has 1 aromatic heterocycles. The largest absolute Gasteiger partial charge is 0.490 e. The Balaban J connectivity index is 1.47. The molecule has 4 aromatic rings. The first-order chi connectivity index (χ1) is 16.4. The molecule has 0 aliphatic rings. The van der Waals surface area contributed by atoms with Gasteiger partial charge in [0.1, 0.15) is 18.0 Å². The van der Waals surface area contributed by atoms with Crippen LogP contribution >= 0.6 is 31.9 Å². The normalized spacial score (nSPS) is 11.2. The Morgan fingerprint density at radius 3 is 2.68 bits per heavy atom. The second-order valence-corrected chi connectivity index (χ2v) is 8.90. The molecule has 4 rings (SSSR count). The lowest BCUT2D eigenvalue weighted by Gasteiger charge is -2.14. The zero-order valence-electron chi connectivity index (χ0n) is 18.0. The Morgan fingerprint density at radius 1 is 1.09 bits per heavy atom. The molecule has 1 heterocycles. The van der Waals surface area contributed by atoms with Crippen molar-refractivity contribution in [2.75, 3.05) is 6.61 Å². The van der Waals surface area contributed by atoms with Gasteiger partial charge >= 0.3 is 5.91 Å². The number of carbonyl (C=O) groups is 1. The Hall–Kier alpha value is -3.17. The highest BCUT2D eigenvalue weighted by molar-refractivity contribution is 9.10. The van der Waals surface area contributed by atoms with E-state index in [2.05, 4.69) is 42.4 Å². The van der Waals surface area contributed by atoms with Crippen molar-refractivity contribution in [2.45, 2.75) is 13.5 Å². The topological polar surface area (TPSA) is 73.1 Å². The number of rotatable bonds is 8. The number of ether oxygens (including phenoxy) is 2. The minimum absolute atomic E-state index is 0.0523. The summed E-state index contributed by atoms with van der Waals surface area (Å²) in [6, 6.07) is 17.0. The lowest BCUT2D eigenvalue weighted by atomic mass is 10.2. The number of benzene rings is 3. The summed E-state index contributed by atoms with van der Waals surface area (Å²) in [6.45, 7) is 2.31. The zero-order chi connectivity index (χ0) is 24.1. The number of amides is 1. The first-order valence-corrected chi connectivity index (χ1v) is 11.9. The molecule has 34 heavy (non-hydrogen) atoms. The maximum absolute atomic E-state index is 13.9. The Bertz CT molecular complexity index is 1370. The number of halogens is 3. The molecule has 174 valence electrons. The van der Waals surface area contributed by atoms with E-state index in [1.165, 1.54) is 12.3 Å². The van der Waals surface area contributed by atoms with Crippen LogP contribution in [0.4, 0.5) is 4.39 Å². The second kappa shape index (κ2) is 10.8. The predicted octanol–water partition coefficient (Wildman–Crippen LogP) is 6.84. The molecule has 0 unspecified atom stereocenters. The molecular formula is C25H19Br2FN2O4. The monoisotopic (exact) mass is 588 g/mol. The molecular weight excluding hydrogens is 571 g/mol. The fourth-order valence-corrected chi connectivity index (χ4v) is 3.95. The molecule has 0 spiro atoms. The second-order valence-electron chi connectivity index (χ2n) is 7.13. The first kappa shape index (κ1) is 24.0. The van der Waals surface area contributed by atoms with Gasteiger partial charge < -0.3 is 13.9 Å². The van der Waals surface area contributed by atoms with E-state index in [9.17, 15) is 9.18 Å². The van der Waals surface area contributed by atoms with E-state index in [1.807, 2.05) is 19.1 Å². The molecule has 0 aliphatic carbocycles. The van der Waals surface area contributed by atoms with Gasteiger partial charge in [-0.15, -0.1) is 0 Å². The van der Waals surface area contributed by atoms with Crippen LogP contribution in [0.2, 0.25) is 0 Å². The van der Waals surface area contributed by atoms with E-state index < -0.39 is 5.91 Å². The summed E-state index contributed by atoms with van der Waals surface area (Å²) in [7, 11) is 0. The van der Waals surface area contributed by atoms with E-state index >= 15 is 0 Å². The fraction of sp³-hybridized carbons (Fsp3) is 0.120. The molecule has 3 aromatic carbocycles. The molecule has 0 fully saturated rings. The van der Waals surface area contributed by atoms with Crippen molar-refractivity contribution in [3.8, 4) is 11.5 Å². The van der Waals surface area contributed by atoms with Crippen LogP contribution in [0.1, 0.15) is 28.6 Å². The number of fused-ring (bicyclic) bond motifs is 1. The SMILES string of the molecule is CCOc1cc(/C=N/NC(=O)c2cc3cc(Br)ccc3o2)c(Br)cc1OCc1ccccc1F. The Labute approximate surface area is 212 Å². The number of nitrogens with zero attached hydrogens (tertiary/aromatic N) is 1. The Kier molecular flexibility index (Phi) is 7.64. The summed E-state index contributed by atoms with van der Waals surface area (Å²) < 4.78 is 32.5. The quantitative estimate of drug-likeness (QED) is 0.180. The standard InChI is InChI=1S/C25H19Br2FN2O4/c1-2-32-22-11-17(19(27)12-23(22)33-14-15-5-3-4-6-20(15)28)13-29-30-25(31)24-10-16-9-18(26)7-8-21(16)34-24/h3-13H,2,14H2,1H3,(H,30,31)/b29-13+. The number of furan rings is 1. The van der Waals surface area contributed by atoms with Gasteiger partial charge in [0, 0.05) is 25.5 Å². The van der Waals surface area contributed by atoms with Gasteiger partial charge in [0.15, 0.2) is 17.3 Å². The van der Waals surface area contributed by atoms with Crippen molar-refractivity contribution >= 4 is 55.0 Å².